The number of allylic oxidation sites excluding steroid dienone is 4. The molecule has 0 saturated heterocycles. The van der Waals surface area contributed by atoms with Crippen molar-refractivity contribution in [2.24, 2.45) is 16.4 Å². The molecule has 1 aliphatic carbocycles. The molecule has 1 atom stereocenters. The fraction of sp³-hybridized carbons (Fsp3) is 0.310. The third-order valence-corrected chi connectivity index (χ3v) is 6.87. The van der Waals surface area contributed by atoms with Gasteiger partial charge in [-0.2, -0.15) is 5.10 Å². The van der Waals surface area contributed by atoms with E-state index in [1.54, 1.807) is 6.21 Å². The average molecular weight is 474 g/mol. The zero-order chi connectivity index (χ0) is 24.3. The fourth-order valence-electron chi connectivity index (χ4n) is 4.82. The SMILES string of the molecule is CC1=C(C=CC(C)C=NNC(=O)c2[nH]c3ccc(Cl)cc3c2-c2ccccc2)C(C)(C)CCC1. The molecule has 34 heavy (non-hydrogen) atoms. The van der Waals surface area contributed by atoms with Gasteiger partial charge in [0.25, 0.3) is 5.91 Å². The second-order valence-corrected chi connectivity index (χ2v) is 10.2. The van der Waals surface area contributed by atoms with Crippen LogP contribution in [0.3, 0.4) is 0 Å². The van der Waals surface area contributed by atoms with Gasteiger partial charge >= 0.3 is 0 Å². The smallest absolute Gasteiger partial charge is 0.288 e. The van der Waals surface area contributed by atoms with E-state index in [0.29, 0.717) is 10.7 Å². The molecule has 1 aliphatic rings. The fourth-order valence-corrected chi connectivity index (χ4v) is 4.99. The number of nitrogens with zero attached hydrogens (tertiary/aromatic N) is 1. The van der Waals surface area contributed by atoms with Crippen molar-refractivity contribution in [1.29, 1.82) is 0 Å². The molecular weight excluding hydrogens is 442 g/mol. The number of carbonyl (C=O) groups is 1. The van der Waals surface area contributed by atoms with Crippen molar-refractivity contribution in [2.75, 3.05) is 0 Å². The van der Waals surface area contributed by atoms with Gasteiger partial charge in [-0.25, -0.2) is 5.43 Å². The Morgan fingerprint density at radius 3 is 2.71 bits per heavy atom. The first kappa shape index (κ1) is 24.0. The molecule has 1 aromatic heterocycles. The summed E-state index contributed by atoms with van der Waals surface area (Å²) >= 11 is 6.25. The lowest BCUT2D eigenvalue weighted by atomic mass is 9.72. The molecule has 1 amide bonds. The topological polar surface area (TPSA) is 57.2 Å². The third-order valence-electron chi connectivity index (χ3n) is 6.63. The van der Waals surface area contributed by atoms with Gasteiger partial charge in [0.15, 0.2) is 0 Å². The maximum Gasteiger partial charge on any atom is 0.288 e. The summed E-state index contributed by atoms with van der Waals surface area (Å²) in [5, 5.41) is 5.78. The lowest BCUT2D eigenvalue weighted by Crippen LogP contribution is -2.20. The average Bonchev–Trinajstić information content (AvgIpc) is 3.17. The highest BCUT2D eigenvalue weighted by atomic mass is 35.5. The van der Waals surface area contributed by atoms with Crippen LogP contribution in [-0.2, 0) is 0 Å². The van der Waals surface area contributed by atoms with Crippen LogP contribution in [0.2, 0.25) is 5.02 Å². The van der Waals surface area contributed by atoms with E-state index in [1.807, 2.05) is 48.5 Å². The Hall–Kier alpha value is -3.11. The number of aromatic amines is 1. The molecule has 0 spiro atoms. The van der Waals surface area contributed by atoms with Crippen LogP contribution in [0.1, 0.15) is 57.4 Å². The summed E-state index contributed by atoms with van der Waals surface area (Å²) < 4.78 is 0. The highest BCUT2D eigenvalue weighted by Crippen LogP contribution is 2.40. The molecule has 0 radical (unpaired) electrons. The number of benzene rings is 2. The van der Waals surface area contributed by atoms with E-state index >= 15 is 0 Å². The van der Waals surface area contributed by atoms with Crippen LogP contribution in [0.4, 0.5) is 0 Å². The number of fused-ring (bicyclic) bond motifs is 1. The minimum atomic E-state index is -0.287. The first-order valence-corrected chi connectivity index (χ1v) is 12.2. The van der Waals surface area contributed by atoms with Crippen LogP contribution in [0, 0.1) is 11.3 Å². The van der Waals surface area contributed by atoms with Gasteiger partial charge in [-0.1, -0.05) is 80.4 Å². The van der Waals surface area contributed by atoms with Gasteiger partial charge in [0.1, 0.15) is 5.69 Å². The molecule has 176 valence electrons. The van der Waals surface area contributed by atoms with Crippen molar-refractivity contribution in [3.8, 4) is 11.1 Å². The minimum absolute atomic E-state index is 0.0911. The van der Waals surface area contributed by atoms with E-state index in [4.69, 9.17) is 11.6 Å². The third kappa shape index (κ3) is 5.18. The lowest BCUT2D eigenvalue weighted by Gasteiger charge is -2.33. The van der Waals surface area contributed by atoms with Crippen molar-refractivity contribution in [3.05, 3.63) is 82.5 Å². The molecule has 5 heteroatoms. The van der Waals surface area contributed by atoms with E-state index < -0.39 is 0 Å². The van der Waals surface area contributed by atoms with Crippen LogP contribution in [0.5, 0.6) is 0 Å². The van der Waals surface area contributed by atoms with Crippen LogP contribution in [0.15, 0.2) is 76.9 Å². The van der Waals surface area contributed by atoms with Gasteiger partial charge < -0.3 is 4.98 Å². The molecule has 1 unspecified atom stereocenters. The number of nitrogens with one attached hydrogen (secondary N) is 2. The molecule has 4 rings (SSSR count). The van der Waals surface area contributed by atoms with E-state index in [-0.39, 0.29) is 17.2 Å². The Balaban J connectivity index is 1.53. The van der Waals surface area contributed by atoms with Crippen molar-refractivity contribution in [3.63, 3.8) is 0 Å². The summed E-state index contributed by atoms with van der Waals surface area (Å²) in [5.41, 5.74) is 8.88. The van der Waals surface area contributed by atoms with Crippen LogP contribution in [-0.4, -0.2) is 17.1 Å². The summed E-state index contributed by atoms with van der Waals surface area (Å²) in [5.74, 6) is -0.195. The number of hydrogen-bond donors (Lipinski definition) is 2. The number of rotatable bonds is 6. The van der Waals surface area contributed by atoms with Gasteiger partial charge in [0, 0.05) is 33.6 Å². The second-order valence-electron chi connectivity index (χ2n) is 9.80. The minimum Gasteiger partial charge on any atom is -0.350 e. The summed E-state index contributed by atoms with van der Waals surface area (Å²) in [4.78, 5) is 16.3. The van der Waals surface area contributed by atoms with Crippen molar-refractivity contribution in [2.45, 2.75) is 47.0 Å². The van der Waals surface area contributed by atoms with Crippen LogP contribution in [0.25, 0.3) is 22.0 Å². The number of amides is 1. The highest BCUT2D eigenvalue weighted by molar-refractivity contribution is 6.31. The number of carbonyl (C=O) groups excluding carboxylic acids is 1. The first-order chi connectivity index (χ1) is 16.3. The Labute approximate surface area is 206 Å². The quantitative estimate of drug-likeness (QED) is 0.277. The maximum absolute atomic E-state index is 13.1. The Bertz CT molecular complexity index is 1280. The lowest BCUT2D eigenvalue weighted by molar-refractivity contribution is 0.0951. The molecule has 1 heterocycles. The van der Waals surface area contributed by atoms with Gasteiger partial charge in [-0.3, -0.25) is 4.79 Å². The molecule has 0 fully saturated rings. The van der Waals surface area contributed by atoms with Crippen molar-refractivity contribution < 1.29 is 4.79 Å². The summed E-state index contributed by atoms with van der Waals surface area (Å²) in [6.07, 6.45) is 9.79. The number of halogens is 1. The van der Waals surface area contributed by atoms with Gasteiger partial charge in [0.2, 0.25) is 0 Å². The summed E-state index contributed by atoms with van der Waals surface area (Å²) in [7, 11) is 0. The molecule has 2 N–H and O–H groups in total. The molecule has 0 bridgehead atoms. The highest BCUT2D eigenvalue weighted by Gasteiger charge is 2.26. The van der Waals surface area contributed by atoms with Gasteiger partial charge in [0.05, 0.1) is 0 Å². The van der Waals surface area contributed by atoms with E-state index in [2.05, 4.69) is 55.4 Å². The van der Waals surface area contributed by atoms with Crippen LogP contribution < -0.4 is 5.43 Å². The Morgan fingerprint density at radius 1 is 1.21 bits per heavy atom. The Morgan fingerprint density at radius 2 is 1.97 bits per heavy atom. The number of hydrazone groups is 1. The normalized spacial score (nSPS) is 17.1. The largest absolute Gasteiger partial charge is 0.350 e. The van der Waals surface area contributed by atoms with E-state index in [9.17, 15) is 4.79 Å². The predicted octanol–water partition coefficient (Wildman–Crippen LogP) is 7.92. The zero-order valence-corrected chi connectivity index (χ0v) is 21.0. The predicted molar refractivity (Wildman–Crippen MR) is 143 cm³/mol. The first-order valence-electron chi connectivity index (χ1n) is 11.8. The molecule has 2 aromatic carbocycles. The number of H-pyrrole nitrogens is 1. The van der Waals surface area contributed by atoms with E-state index in [0.717, 1.165) is 22.0 Å². The van der Waals surface area contributed by atoms with Crippen molar-refractivity contribution in [1.82, 2.24) is 10.4 Å². The Kier molecular flexibility index (Phi) is 7.08. The molecular formula is C29H32ClN3O. The van der Waals surface area contributed by atoms with E-state index in [1.165, 1.54) is 30.4 Å². The molecule has 0 saturated carbocycles. The summed E-state index contributed by atoms with van der Waals surface area (Å²) in [6.45, 7) is 8.92. The molecule has 3 aromatic rings. The van der Waals surface area contributed by atoms with Gasteiger partial charge in [-0.05, 0) is 60.9 Å². The maximum atomic E-state index is 13.1. The summed E-state index contributed by atoms with van der Waals surface area (Å²) in [6, 6.07) is 15.4. The van der Waals surface area contributed by atoms with Crippen molar-refractivity contribution >= 4 is 34.6 Å². The molecule has 0 aliphatic heterocycles. The number of aromatic nitrogens is 1. The standard InChI is InChI=1S/C29H32ClN3O/c1-19(12-14-24-20(2)9-8-16-29(24,3)4)18-31-33-28(34)27-26(21-10-6-5-7-11-21)23-17-22(30)13-15-25(23)32-27/h5-7,10-15,17-19,32H,8-9,16H2,1-4H3,(H,33,34). The zero-order valence-electron chi connectivity index (χ0n) is 20.3. The second kappa shape index (κ2) is 10.0. The molecule has 4 nitrogen and oxygen atoms in total. The number of hydrogen-bond acceptors (Lipinski definition) is 2. The van der Waals surface area contributed by atoms with Gasteiger partial charge in [-0.15, -0.1) is 0 Å². The van der Waals surface area contributed by atoms with Crippen LogP contribution >= 0.6 is 11.6 Å². The monoisotopic (exact) mass is 473 g/mol.